The Morgan fingerprint density at radius 3 is 2.50 bits per heavy atom. The highest BCUT2D eigenvalue weighted by molar-refractivity contribution is 8.00. The molecule has 0 spiro atoms. The SMILES string of the molecule is CC(C)(C)c1ccc(OCc2ncnc(SC3CC3)n2)cc1. The Bertz CT molecular complexity index is 633. The van der Waals surface area contributed by atoms with E-state index >= 15 is 0 Å². The Kier molecular flexibility index (Phi) is 4.34. The highest BCUT2D eigenvalue weighted by atomic mass is 32.2. The minimum Gasteiger partial charge on any atom is -0.486 e. The standard InChI is InChI=1S/C17H21N3OS/c1-17(2,3)12-4-6-13(7-5-12)21-10-15-18-11-19-16(20-15)22-14-8-9-14/h4-7,11,14H,8-10H2,1-3H3. The van der Waals surface area contributed by atoms with Crippen LogP contribution in [0.5, 0.6) is 5.75 Å². The van der Waals surface area contributed by atoms with Crippen molar-refractivity contribution in [1.82, 2.24) is 15.0 Å². The van der Waals surface area contributed by atoms with Crippen LogP contribution in [0.4, 0.5) is 0 Å². The van der Waals surface area contributed by atoms with Crippen molar-refractivity contribution in [3.8, 4) is 5.75 Å². The molecule has 2 aromatic rings. The summed E-state index contributed by atoms with van der Waals surface area (Å²) in [5.41, 5.74) is 1.45. The second kappa shape index (κ2) is 6.24. The number of hydrogen-bond donors (Lipinski definition) is 0. The summed E-state index contributed by atoms with van der Waals surface area (Å²) in [5, 5.41) is 1.50. The smallest absolute Gasteiger partial charge is 0.191 e. The Morgan fingerprint density at radius 1 is 1.14 bits per heavy atom. The molecular formula is C17H21N3OS. The van der Waals surface area contributed by atoms with Crippen molar-refractivity contribution >= 4 is 11.8 Å². The minimum atomic E-state index is 0.154. The predicted molar refractivity (Wildman–Crippen MR) is 88.2 cm³/mol. The van der Waals surface area contributed by atoms with Crippen molar-refractivity contribution in [2.24, 2.45) is 0 Å². The molecule has 1 saturated carbocycles. The molecule has 0 radical (unpaired) electrons. The zero-order chi connectivity index (χ0) is 15.6. The number of ether oxygens (including phenoxy) is 1. The first kappa shape index (κ1) is 15.3. The summed E-state index contributed by atoms with van der Waals surface area (Å²) in [6, 6.07) is 8.22. The van der Waals surface area contributed by atoms with Crippen LogP contribution in [0.2, 0.25) is 0 Å². The average molecular weight is 315 g/mol. The predicted octanol–water partition coefficient (Wildman–Crippen LogP) is 4.00. The van der Waals surface area contributed by atoms with Crippen LogP contribution in [0.1, 0.15) is 45.0 Å². The van der Waals surface area contributed by atoms with E-state index in [1.807, 2.05) is 12.1 Å². The van der Waals surface area contributed by atoms with Gasteiger partial charge in [-0.3, -0.25) is 0 Å². The van der Waals surface area contributed by atoms with Gasteiger partial charge in [-0.15, -0.1) is 0 Å². The van der Waals surface area contributed by atoms with Crippen molar-refractivity contribution in [3.63, 3.8) is 0 Å². The lowest BCUT2D eigenvalue weighted by molar-refractivity contribution is 0.293. The van der Waals surface area contributed by atoms with Gasteiger partial charge in [0.25, 0.3) is 0 Å². The van der Waals surface area contributed by atoms with Crippen LogP contribution >= 0.6 is 11.8 Å². The lowest BCUT2D eigenvalue weighted by Crippen LogP contribution is -2.10. The fraction of sp³-hybridized carbons (Fsp3) is 0.471. The highest BCUT2D eigenvalue weighted by Gasteiger charge is 2.24. The third-order valence-electron chi connectivity index (χ3n) is 3.48. The van der Waals surface area contributed by atoms with Crippen LogP contribution in [0.3, 0.4) is 0 Å². The molecule has 22 heavy (non-hydrogen) atoms. The molecule has 0 atom stereocenters. The molecule has 1 aliphatic carbocycles. The van der Waals surface area contributed by atoms with Gasteiger partial charge >= 0.3 is 0 Å². The summed E-state index contributed by atoms with van der Waals surface area (Å²) in [6.07, 6.45) is 4.10. The molecule has 1 heterocycles. The molecule has 5 heteroatoms. The molecule has 4 nitrogen and oxygen atoms in total. The lowest BCUT2D eigenvalue weighted by Gasteiger charge is -2.19. The molecule has 0 amide bonds. The van der Waals surface area contributed by atoms with Crippen molar-refractivity contribution in [2.75, 3.05) is 0 Å². The zero-order valence-electron chi connectivity index (χ0n) is 13.2. The second-order valence-electron chi connectivity index (χ2n) is 6.56. The van der Waals surface area contributed by atoms with Crippen LogP contribution < -0.4 is 4.74 Å². The van der Waals surface area contributed by atoms with Gasteiger partial charge in [-0.25, -0.2) is 15.0 Å². The molecule has 1 fully saturated rings. The molecule has 1 aromatic heterocycles. The number of hydrogen-bond acceptors (Lipinski definition) is 5. The molecule has 0 N–H and O–H groups in total. The fourth-order valence-corrected chi connectivity index (χ4v) is 2.91. The van der Waals surface area contributed by atoms with Gasteiger partial charge in [-0.2, -0.15) is 0 Å². The van der Waals surface area contributed by atoms with E-state index in [4.69, 9.17) is 4.74 Å². The maximum atomic E-state index is 5.77. The number of nitrogens with zero attached hydrogens (tertiary/aromatic N) is 3. The van der Waals surface area contributed by atoms with Gasteiger partial charge in [0.05, 0.1) is 0 Å². The largest absolute Gasteiger partial charge is 0.486 e. The van der Waals surface area contributed by atoms with Crippen LogP contribution in [0.15, 0.2) is 35.7 Å². The van der Waals surface area contributed by atoms with E-state index in [0.717, 1.165) is 10.9 Å². The maximum Gasteiger partial charge on any atom is 0.191 e. The lowest BCUT2D eigenvalue weighted by atomic mass is 9.87. The van der Waals surface area contributed by atoms with E-state index in [1.165, 1.54) is 18.4 Å². The maximum absolute atomic E-state index is 5.77. The number of rotatable bonds is 5. The average Bonchev–Trinajstić information content (AvgIpc) is 3.29. The molecule has 116 valence electrons. The second-order valence-corrected chi connectivity index (χ2v) is 7.83. The van der Waals surface area contributed by atoms with E-state index in [1.54, 1.807) is 18.1 Å². The van der Waals surface area contributed by atoms with E-state index in [9.17, 15) is 0 Å². The molecule has 0 bridgehead atoms. The van der Waals surface area contributed by atoms with Crippen LogP contribution in [0, 0.1) is 0 Å². The number of thioether (sulfide) groups is 1. The Morgan fingerprint density at radius 2 is 1.86 bits per heavy atom. The van der Waals surface area contributed by atoms with Crippen molar-refractivity contribution in [2.45, 2.75) is 56.0 Å². The topological polar surface area (TPSA) is 47.9 Å². The molecule has 0 saturated heterocycles. The van der Waals surface area contributed by atoms with Gasteiger partial charge in [-0.1, -0.05) is 44.7 Å². The molecular weight excluding hydrogens is 294 g/mol. The normalized spacial score (nSPS) is 14.9. The van der Waals surface area contributed by atoms with Gasteiger partial charge in [0, 0.05) is 5.25 Å². The summed E-state index contributed by atoms with van der Waals surface area (Å²) in [4.78, 5) is 12.8. The third-order valence-corrected chi connectivity index (χ3v) is 4.70. The van der Waals surface area contributed by atoms with Gasteiger partial charge < -0.3 is 4.74 Å². The van der Waals surface area contributed by atoms with Crippen molar-refractivity contribution in [3.05, 3.63) is 42.0 Å². The summed E-state index contributed by atoms with van der Waals surface area (Å²) < 4.78 is 5.77. The molecule has 0 aliphatic heterocycles. The highest BCUT2D eigenvalue weighted by Crippen LogP contribution is 2.37. The molecule has 3 rings (SSSR count). The molecule has 1 aliphatic rings. The van der Waals surface area contributed by atoms with Gasteiger partial charge in [-0.05, 0) is 36.0 Å². The summed E-state index contributed by atoms with van der Waals surface area (Å²) in [7, 11) is 0. The van der Waals surface area contributed by atoms with Crippen LogP contribution in [-0.4, -0.2) is 20.2 Å². The minimum absolute atomic E-state index is 0.154. The quantitative estimate of drug-likeness (QED) is 0.834. The third kappa shape index (κ3) is 4.19. The number of benzene rings is 1. The van der Waals surface area contributed by atoms with E-state index in [2.05, 4.69) is 47.9 Å². The Hall–Kier alpha value is -1.62. The molecule has 1 aromatic carbocycles. The summed E-state index contributed by atoms with van der Waals surface area (Å²) >= 11 is 1.73. The van der Waals surface area contributed by atoms with Gasteiger partial charge in [0.1, 0.15) is 18.7 Å². The number of aromatic nitrogens is 3. The zero-order valence-corrected chi connectivity index (χ0v) is 14.1. The molecule has 0 unspecified atom stereocenters. The van der Waals surface area contributed by atoms with E-state index in [-0.39, 0.29) is 5.41 Å². The monoisotopic (exact) mass is 315 g/mol. The van der Waals surface area contributed by atoms with Crippen LogP contribution in [-0.2, 0) is 12.0 Å². The first-order chi connectivity index (χ1) is 10.5. The van der Waals surface area contributed by atoms with Crippen LogP contribution in [0.25, 0.3) is 0 Å². The summed E-state index contributed by atoms with van der Waals surface area (Å²) in [5.74, 6) is 1.52. The van der Waals surface area contributed by atoms with Crippen molar-refractivity contribution < 1.29 is 4.74 Å². The first-order valence-electron chi connectivity index (χ1n) is 7.58. The van der Waals surface area contributed by atoms with Gasteiger partial charge in [0.15, 0.2) is 11.0 Å². The fourth-order valence-electron chi connectivity index (χ4n) is 1.97. The van der Waals surface area contributed by atoms with E-state index < -0.39 is 0 Å². The first-order valence-corrected chi connectivity index (χ1v) is 8.46. The Labute approximate surface area is 135 Å². The Balaban J connectivity index is 1.59. The summed E-state index contributed by atoms with van der Waals surface area (Å²) in [6.45, 7) is 6.97. The van der Waals surface area contributed by atoms with Crippen molar-refractivity contribution in [1.29, 1.82) is 0 Å². The van der Waals surface area contributed by atoms with E-state index in [0.29, 0.717) is 17.7 Å². The van der Waals surface area contributed by atoms with Gasteiger partial charge in [0.2, 0.25) is 0 Å².